The van der Waals surface area contributed by atoms with Crippen LogP contribution in [0.3, 0.4) is 0 Å². The highest BCUT2D eigenvalue weighted by atomic mass is 19.1. The van der Waals surface area contributed by atoms with Gasteiger partial charge < -0.3 is 14.5 Å². The molecule has 5 rings (SSSR count). The summed E-state index contributed by atoms with van der Waals surface area (Å²) in [5.41, 5.74) is 2.76. The Morgan fingerprint density at radius 3 is 2.43 bits per heavy atom. The van der Waals surface area contributed by atoms with E-state index in [1.54, 1.807) is 10.6 Å². The van der Waals surface area contributed by atoms with E-state index in [0.717, 1.165) is 48.9 Å². The monoisotopic (exact) mass is 404 g/mol. The Labute approximate surface area is 173 Å². The number of benzene rings is 2. The number of fused-ring (bicyclic) bond motifs is 1. The molecule has 0 unspecified atom stereocenters. The van der Waals surface area contributed by atoms with E-state index in [-0.39, 0.29) is 11.6 Å². The van der Waals surface area contributed by atoms with Crippen molar-refractivity contribution >= 4 is 17.3 Å². The lowest BCUT2D eigenvalue weighted by molar-refractivity contribution is 0.386. The van der Waals surface area contributed by atoms with Gasteiger partial charge in [0, 0.05) is 49.6 Å². The minimum Gasteiger partial charge on any atom is -0.494 e. The normalized spacial score (nSPS) is 14.3. The molecule has 1 fully saturated rings. The van der Waals surface area contributed by atoms with Crippen LogP contribution in [0.25, 0.3) is 17.0 Å². The van der Waals surface area contributed by atoms with Crippen molar-refractivity contribution in [2.45, 2.75) is 0 Å². The number of hydrogen-bond acceptors (Lipinski definition) is 6. The third kappa shape index (κ3) is 3.30. The molecule has 1 saturated heterocycles. The van der Waals surface area contributed by atoms with E-state index in [1.165, 1.54) is 19.5 Å². The van der Waals surface area contributed by atoms with E-state index in [4.69, 9.17) is 4.74 Å². The van der Waals surface area contributed by atoms with E-state index < -0.39 is 0 Å². The van der Waals surface area contributed by atoms with Gasteiger partial charge in [-0.05, 0) is 12.1 Å². The quantitative estimate of drug-likeness (QED) is 0.520. The van der Waals surface area contributed by atoms with Crippen molar-refractivity contribution in [2.24, 2.45) is 0 Å². The van der Waals surface area contributed by atoms with Gasteiger partial charge in [0.05, 0.1) is 12.8 Å². The maximum absolute atomic E-state index is 14.1. The number of piperazine rings is 1. The highest BCUT2D eigenvalue weighted by Gasteiger charge is 2.22. The number of nitrogens with zero attached hydrogens (tertiary/aromatic N) is 6. The van der Waals surface area contributed by atoms with E-state index in [0.29, 0.717) is 5.78 Å². The average molecular weight is 404 g/mol. The molecule has 0 atom stereocenters. The molecule has 0 aliphatic carbocycles. The third-order valence-electron chi connectivity index (χ3n) is 5.41. The number of rotatable bonds is 4. The molecule has 7 nitrogen and oxygen atoms in total. The average Bonchev–Trinajstić information content (AvgIpc) is 3.28. The Balaban J connectivity index is 1.41. The Morgan fingerprint density at radius 1 is 0.933 bits per heavy atom. The molecule has 2 aromatic heterocycles. The molecule has 0 saturated carbocycles. The van der Waals surface area contributed by atoms with Gasteiger partial charge in [0.15, 0.2) is 11.6 Å². The molecule has 152 valence electrons. The second kappa shape index (κ2) is 7.62. The smallest absolute Gasteiger partial charge is 0.254 e. The van der Waals surface area contributed by atoms with Gasteiger partial charge in [-0.25, -0.2) is 9.37 Å². The topological polar surface area (TPSA) is 58.8 Å². The number of ether oxygens (including phenoxy) is 1. The van der Waals surface area contributed by atoms with Crippen LogP contribution in [0.2, 0.25) is 0 Å². The van der Waals surface area contributed by atoms with Crippen LogP contribution in [0, 0.1) is 5.82 Å². The summed E-state index contributed by atoms with van der Waals surface area (Å²) in [7, 11) is 1.47. The molecule has 0 radical (unpaired) electrons. The molecule has 4 aromatic rings. The van der Waals surface area contributed by atoms with Crippen LogP contribution < -0.4 is 14.5 Å². The number of anilines is 2. The number of methoxy groups -OCH3 is 1. The van der Waals surface area contributed by atoms with Crippen molar-refractivity contribution in [1.29, 1.82) is 0 Å². The van der Waals surface area contributed by atoms with Crippen molar-refractivity contribution in [3.05, 3.63) is 66.7 Å². The van der Waals surface area contributed by atoms with Gasteiger partial charge in [-0.1, -0.05) is 30.3 Å². The van der Waals surface area contributed by atoms with Crippen LogP contribution in [-0.4, -0.2) is 52.9 Å². The maximum Gasteiger partial charge on any atom is 0.254 e. The first-order valence-corrected chi connectivity index (χ1v) is 9.82. The lowest BCUT2D eigenvalue weighted by Gasteiger charge is -2.37. The zero-order chi connectivity index (χ0) is 20.5. The van der Waals surface area contributed by atoms with Crippen LogP contribution in [0.4, 0.5) is 15.9 Å². The van der Waals surface area contributed by atoms with Crippen molar-refractivity contribution in [3.63, 3.8) is 0 Å². The second-order valence-corrected chi connectivity index (χ2v) is 7.13. The fourth-order valence-corrected chi connectivity index (χ4v) is 3.82. The number of hydrogen-bond donors (Lipinski definition) is 0. The van der Waals surface area contributed by atoms with Gasteiger partial charge in [0.25, 0.3) is 5.78 Å². The minimum atomic E-state index is -0.344. The minimum absolute atomic E-state index is 0.260. The Bertz CT molecular complexity index is 1170. The largest absolute Gasteiger partial charge is 0.494 e. The zero-order valence-corrected chi connectivity index (χ0v) is 16.6. The highest BCUT2D eigenvalue weighted by molar-refractivity contribution is 5.66. The summed E-state index contributed by atoms with van der Waals surface area (Å²) in [5, 5.41) is 4.36. The maximum atomic E-state index is 14.1. The molecular weight excluding hydrogens is 383 g/mol. The molecule has 8 heteroatoms. The van der Waals surface area contributed by atoms with E-state index in [9.17, 15) is 4.39 Å². The SMILES string of the molecule is COc1ccc(N2CCN(c3cc(-c4ccccc4)nc4ncnn34)CC2)cc1F. The summed E-state index contributed by atoms with van der Waals surface area (Å²) in [6, 6.07) is 17.2. The molecule has 2 aromatic carbocycles. The first-order chi connectivity index (χ1) is 14.7. The zero-order valence-electron chi connectivity index (χ0n) is 16.6. The van der Waals surface area contributed by atoms with Crippen LogP contribution in [0.5, 0.6) is 5.75 Å². The lowest BCUT2D eigenvalue weighted by Crippen LogP contribution is -2.47. The Hall–Kier alpha value is -3.68. The molecule has 0 bridgehead atoms. The first-order valence-electron chi connectivity index (χ1n) is 9.82. The van der Waals surface area contributed by atoms with Crippen molar-refractivity contribution in [3.8, 4) is 17.0 Å². The van der Waals surface area contributed by atoms with Gasteiger partial charge in [-0.15, -0.1) is 0 Å². The predicted molar refractivity (Wildman–Crippen MR) is 114 cm³/mol. The van der Waals surface area contributed by atoms with Gasteiger partial charge in [0.2, 0.25) is 0 Å². The molecule has 1 aliphatic heterocycles. The van der Waals surface area contributed by atoms with Crippen LogP contribution in [0.1, 0.15) is 0 Å². The van der Waals surface area contributed by atoms with Gasteiger partial charge in [-0.2, -0.15) is 14.6 Å². The molecule has 1 aliphatic rings. The fourth-order valence-electron chi connectivity index (χ4n) is 3.82. The molecule has 0 spiro atoms. The Kier molecular flexibility index (Phi) is 4.66. The summed E-state index contributed by atoms with van der Waals surface area (Å²) in [6.45, 7) is 3.09. The molecule has 0 N–H and O–H groups in total. The summed E-state index contributed by atoms with van der Waals surface area (Å²) < 4.78 is 20.9. The van der Waals surface area contributed by atoms with E-state index >= 15 is 0 Å². The number of aromatic nitrogens is 4. The van der Waals surface area contributed by atoms with E-state index in [2.05, 4.69) is 30.9 Å². The lowest BCUT2D eigenvalue weighted by atomic mass is 10.1. The predicted octanol–water partition coefficient (Wildman–Crippen LogP) is 3.27. The first kappa shape index (κ1) is 18.4. The summed E-state index contributed by atoms with van der Waals surface area (Å²) in [5.74, 6) is 1.45. The van der Waals surface area contributed by atoms with Crippen LogP contribution >= 0.6 is 0 Å². The second-order valence-electron chi connectivity index (χ2n) is 7.13. The summed E-state index contributed by atoms with van der Waals surface area (Å²) in [6.07, 6.45) is 1.52. The van der Waals surface area contributed by atoms with Crippen molar-refractivity contribution in [1.82, 2.24) is 19.6 Å². The third-order valence-corrected chi connectivity index (χ3v) is 5.41. The van der Waals surface area contributed by atoms with E-state index in [1.807, 2.05) is 36.4 Å². The molecule has 30 heavy (non-hydrogen) atoms. The van der Waals surface area contributed by atoms with Gasteiger partial charge in [-0.3, -0.25) is 0 Å². The van der Waals surface area contributed by atoms with Crippen LogP contribution in [-0.2, 0) is 0 Å². The van der Waals surface area contributed by atoms with Crippen molar-refractivity contribution in [2.75, 3.05) is 43.1 Å². The van der Waals surface area contributed by atoms with Crippen LogP contribution in [0.15, 0.2) is 60.9 Å². The highest BCUT2D eigenvalue weighted by Crippen LogP contribution is 2.27. The standard InChI is InChI=1S/C22H21FN6O/c1-30-20-8-7-17(13-18(20)23)27-9-11-28(12-10-27)21-14-19(16-5-3-2-4-6-16)26-22-24-15-25-29(21)22/h2-8,13-15H,9-12H2,1H3. The molecule has 3 heterocycles. The van der Waals surface area contributed by atoms with Gasteiger partial charge in [0.1, 0.15) is 12.1 Å². The molecule has 0 amide bonds. The molecular formula is C22H21FN6O. The fraction of sp³-hybridized carbons (Fsp3) is 0.227. The van der Waals surface area contributed by atoms with Crippen molar-refractivity contribution < 1.29 is 9.13 Å². The summed E-state index contributed by atoms with van der Waals surface area (Å²) in [4.78, 5) is 13.4. The summed E-state index contributed by atoms with van der Waals surface area (Å²) >= 11 is 0. The number of halogens is 1. The van der Waals surface area contributed by atoms with Gasteiger partial charge >= 0.3 is 0 Å². The Morgan fingerprint density at radius 2 is 1.70 bits per heavy atom.